The molecular formula is C24H31N3O5S. The van der Waals surface area contributed by atoms with Gasteiger partial charge in [-0.3, -0.25) is 9.69 Å². The zero-order chi connectivity index (χ0) is 23.8. The molecule has 0 aromatic heterocycles. The lowest BCUT2D eigenvalue weighted by Gasteiger charge is -2.39. The maximum absolute atomic E-state index is 12.0. The van der Waals surface area contributed by atoms with Crippen molar-refractivity contribution in [2.45, 2.75) is 25.9 Å². The minimum Gasteiger partial charge on any atom is -0.465 e. The standard InChI is InChI=1S/C24H31N3O5S/c1-19(28)25-14-16-26(17-15-25)23(21-6-4-3-5-7-21)12-13-27(33(30)31)18-20-8-10-22(11-9-20)24(29)32-2/h3-11,23,33H,12-18H2,1-2H3. The van der Waals surface area contributed by atoms with Crippen molar-refractivity contribution < 1.29 is 22.7 Å². The number of hydrogen-bond donors (Lipinski definition) is 1. The van der Waals surface area contributed by atoms with Crippen LogP contribution in [0.15, 0.2) is 54.6 Å². The number of ether oxygens (including phenoxy) is 1. The minimum absolute atomic E-state index is 0.0551. The van der Waals surface area contributed by atoms with E-state index in [0.29, 0.717) is 31.6 Å². The highest BCUT2D eigenvalue weighted by molar-refractivity contribution is 7.69. The topological polar surface area (TPSA) is 87.2 Å². The normalized spacial score (nSPS) is 15.6. The lowest BCUT2D eigenvalue weighted by molar-refractivity contribution is -0.130. The second-order valence-corrected chi connectivity index (χ2v) is 9.11. The molecule has 1 aliphatic rings. The minimum atomic E-state index is -2.77. The van der Waals surface area contributed by atoms with E-state index in [1.54, 1.807) is 31.2 Å². The molecule has 0 bridgehead atoms. The van der Waals surface area contributed by atoms with Crippen molar-refractivity contribution >= 4 is 22.8 Å². The molecule has 1 atom stereocenters. The molecule has 8 nitrogen and oxygen atoms in total. The highest BCUT2D eigenvalue weighted by Crippen LogP contribution is 2.26. The Hall–Kier alpha value is -2.75. The van der Waals surface area contributed by atoms with Crippen molar-refractivity contribution in [2.75, 3.05) is 39.8 Å². The summed E-state index contributed by atoms with van der Waals surface area (Å²) in [6.07, 6.45) is 0.633. The first-order chi connectivity index (χ1) is 15.9. The Morgan fingerprint density at radius 2 is 1.64 bits per heavy atom. The van der Waals surface area contributed by atoms with Gasteiger partial charge in [-0.25, -0.2) is 13.2 Å². The van der Waals surface area contributed by atoms with Crippen LogP contribution in [0.25, 0.3) is 0 Å². The van der Waals surface area contributed by atoms with Crippen LogP contribution in [0, 0.1) is 0 Å². The summed E-state index contributed by atoms with van der Waals surface area (Å²) in [4.78, 5) is 27.5. The van der Waals surface area contributed by atoms with Crippen LogP contribution in [0.5, 0.6) is 0 Å². The predicted molar refractivity (Wildman–Crippen MR) is 126 cm³/mol. The average Bonchev–Trinajstić information content (AvgIpc) is 2.84. The SMILES string of the molecule is COC(=O)c1ccc(CN(CCC(c2ccccc2)N2CCN(C(C)=O)CC2)[SH](=O)=O)cc1. The molecule has 0 saturated carbocycles. The molecular weight excluding hydrogens is 442 g/mol. The van der Waals surface area contributed by atoms with Crippen LogP contribution in [-0.4, -0.2) is 74.2 Å². The van der Waals surface area contributed by atoms with Crippen molar-refractivity contribution in [1.29, 1.82) is 0 Å². The fourth-order valence-electron chi connectivity index (χ4n) is 4.15. The van der Waals surface area contributed by atoms with Crippen molar-refractivity contribution in [3.63, 3.8) is 0 Å². The molecule has 3 rings (SSSR count). The number of amides is 1. The molecule has 2 aromatic carbocycles. The van der Waals surface area contributed by atoms with Gasteiger partial charge < -0.3 is 9.64 Å². The van der Waals surface area contributed by atoms with Gasteiger partial charge in [0.15, 0.2) is 0 Å². The Morgan fingerprint density at radius 1 is 1.00 bits per heavy atom. The van der Waals surface area contributed by atoms with E-state index in [0.717, 1.165) is 24.2 Å². The van der Waals surface area contributed by atoms with Gasteiger partial charge in [0.25, 0.3) is 0 Å². The third kappa shape index (κ3) is 6.86. The maximum Gasteiger partial charge on any atom is 0.337 e. The van der Waals surface area contributed by atoms with Crippen molar-refractivity contribution in [1.82, 2.24) is 14.1 Å². The van der Waals surface area contributed by atoms with Gasteiger partial charge in [0.05, 0.1) is 12.7 Å². The smallest absolute Gasteiger partial charge is 0.337 e. The van der Waals surface area contributed by atoms with Crippen molar-refractivity contribution in [3.05, 3.63) is 71.3 Å². The van der Waals surface area contributed by atoms with E-state index in [-0.39, 0.29) is 18.5 Å². The number of benzene rings is 2. The molecule has 1 aliphatic heterocycles. The summed E-state index contributed by atoms with van der Waals surface area (Å²) >= 11 is 0. The number of piperazine rings is 1. The average molecular weight is 474 g/mol. The summed E-state index contributed by atoms with van der Waals surface area (Å²) in [6, 6.07) is 16.9. The lowest BCUT2D eigenvalue weighted by Crippen LogP contribution is -2.49. The molecule has 0 radical (unpaired) electrons. The van der Waals surface area contributed by atoms with E-state index in [1.807, 2.05) is 23.1 Å². The summed E-state index contributed by atoms with van der Waals surface area (Å²) in [6.45, 7) is 5.03. The number of carbonyl (C=O) groups excluding carboxylic acids is 2. The molecule has 9 heteroatoms. The Balaban J connectivity index is 1.69. The molecule has 0 N–H and O–H groups in total. The zero-order valence-electron chi connectivity index (χ0n) is 19.1. The van der Waals surface area contributed by atoms with Crippen LogP contribution in [-0.2, 0) is 27.0 Å². The second kappa shape index (κ2) is 11.9. The van der Waals surface area contributed by atoms with Crippen molar-refractivity contribution in [3.8, 4) is 0 Å². The molecule has 1 saturated heterocycles. The fraction of sp³-hybridized carbons (Fsp3) is 0.417. The number of rotatable bonds is 9. The zero-order valence-corrected chi connectivity index (χ0v) is 19.9. The Kier molecular flexibility index (Phi) is 8.99. The van der Waals surface area contributed by atoms with Gasteiger partial charge in [0.1, 0.15) is 0 Å². The van der Waals surface area contributed by atoms with Crippen LogP contribution in [0.3, 0.4) is 0 Å². The van der Waals surface area contributed by atoms with Gasteiger partial charge in [-0.05, 0) is 29.7 Å². The van der Waals surface area contributed by atoms with E-state index >= 15 is 0 Å². The molecule has 0 spiro atoms. The summed E-state index contributed by atoms with van der Waals surface area (Å²) in [5.41, 5.74) is 2.36. The maximum atomic E-state index is 12.0. The number of carbonyl (C=O) groups is 2. The molecule has 0 aliphatic carbocycles. The number of nitrogens with zero attached hydrogens (tertiary/aromatic N) is 3. The highest BCUT2D eigenvalue weighted by atomic mass is 32.2. The van der Waals surface area contributed by atoms with E-state index in [2.05, 4.69) is 17.0 Å². The number of hydrogen-bond acceptors (Lipinski definition) is 6. The van der Waals surface area contributed by atoms with E-state index < -0.39 is 16.9 Å². The van der Waals surface area contributed by atoms with Crippen LogP contribution in [0.1, 0.15) is 40.9 Å². The quantitative estimate of drug-likeness (QED) is 0.443. The summed E-state index contributed by atoms with van der Waals surface area (Å²) < 4.78 is 30.1. The predicted octanol–water partition coefficient (Wildman–Crippen LogP) is 2.10. The van der Waals surface area contributed by atoms with Crippen LogP contribution < -0.4 is 0 Å². The monoisotopic (exact) mass is 473 g/mol. The van der Waals surface area contributed by atoms with E-state index in [4.69, 9.17) is 4.74 Å². The molecule has 33 heavy (non-hydrogen) atoms. The van der Waals surface area contributed by atoms with Gasteiger partial charge >= 0.3 is 5.97 Å². The molecule has 178 valence electrons. The third-order valence-corrected chi connectivity index (χ3v) is 6.82. The molecule has 1 fully saturated rings. The Bertz CT molecular complexity index is 995. The van der Waals surface area contributed by atoms with Gasteiger partial charge in [-0.1, -0.05) is 42.5 Å². The van der Waals surface area contributed by atoms with Crippen LogP contribution in [0.2, 0.25) is 0 Å². The van der Waals surface area contributed by atoms with Crippen LogP contribution in [0.4, 0.5) is 0 Å². The number of esters is 1. The second-order valence-electron chi connectivity index (χ2n) is 8.07. The summed E-state index contributed by atoms with van der Waals surface area (Å²) in [5, 5.41) is 0. The summed E-state index contributed by atoms with van der Waals surface area (Å²) in [7, 11) is -1.45. The van der Waals surface area contributed by atoms with Gasteiger partial charge in [-0.15, -0.1) is 0 Å². The van der Waals surface area contributed by atoms with Gasteiger partial charge in [-0.2, -0.15) is 4.31 Å². The first-order valence-corrected chi connectivity index (χ1v) is 12.1. The van der Waals surface area contributed by atoms with Crippen LogP contribution >= 0.6 is 0 Å². The molecule has 1 amide bonds. The fourth-order valence-corrected chi connectivity index (χ4v) is 4.71. The Labute approximate surface area is 196 Å². The van der Waals surface area contributed by atoms with Gasteiger partial charge in [0, 0.05) is 52.2 Å². The van der Waals surface area contributed by atoms with E-state index in [1.165, 1.54) is 11.4 Å². The molecule has 2 aromatic rings. The number of thiol groups is 1. The van der Waals surface area contributed by atoms with E-state index in [9.17, 15) is 18.0 Å². The number of methoxy groups -OCH3 is 1. The molecule has 1 heterocycles. The first kappa shape index (κ1) is 24.9. The summed E-state index contributed by atoms with van der Waals surface area (Å²) in [5.74, 6) is -0.345. The first-order valence-electron chi connectivity index (χ1n) is 11.0. The largest absolute Gasteiger partial charge is 0.465 e. The third-order valence-electron chi connectivity index (χ3n) is 6.02. The Morgan fingerprint density at radius 3 is 2.18 bits per heavy atom. The van der Waals surface area contributed by atoms with Gasteiger partial charge in [0.2, 0.25) is 16.8 Å². The van der Waals surface area contributed by atoms with Crippen molar-refractivity contribution in [2.24, 2.45) is 0 Å². The highest BCUT2D eigenvalue weighted by Gasteiger charge is 2.26. The molecule has 1 unspecified atom stereocenters. The lowest BCUT2D eigenvalue weighted by atomic mass is 10.0.